The topological polar surface area (TPSA) is 22.9 Å². The maximum absolute atomic E-state index is 6.08. The van der Waals surface area contributed by atoms with Crippen molar-refractivity contribution in [2.24, 2.45) is 5.92 Å². The Balaban J connectivity index is 1.75. The van der Waals surface area contributed by atoms with Gasteiger partial charge in [-0.05, 0) is 24.3 Å². The molecule has 0 aromatic heterocycles. The standard InChI is InChI=1S/C20H31NO2/c1-17(2)19-16-20(9-13-23-19,18-6-4-3-5-7-18)8-10-21-11-14-22-15-12-21/h3-7,17,19H,8-16H2,1-2H3/p+1/t19-,20+/m0/s1. The summed E-state index contributed by atoms with van der Waals surface area (Å²) in [6.45, 7) is 10.9. The van der Waals surface area contributed by atoms with Crippen LogP contribution in [0.5, 0.6) is 0 Å². The van der Waals surface area contributed by atoms with E-state index >= 15 is 0 Å². The van der Waals surface area contributed by atoms with E-state index in [9.17, 15) is 0 Å². The molecular formula is C20H32NO2+. The number of morpholine rings is 1. The third-order valence-corrected chi connectivity index (χ3v) is 5.79. The van der Waals surface area contributed by atoms with Crippen molar-refractivity contribution in [2.45, 2.75) is 44.6 Å². The van der Waals surface area contributed by atoms with E-state index < -0.39 is 0 Å². The van der Waals surface area contributed by atoms with Crippen LogP contribution in [-0.4, -0.2) is 45.6 Å². The molecule has 2 heterocycles. The Hall–Kier alpha value is -0.900. The first kappa shape index (κ1) is 16.9. The van der Waals surface area contributed by atoms with Gasteiger partial charge in [0.15, 0.2) is 0 Å². The lowest BCUT2D eigenvalue weighted by Gasteiger charge is -2.43. The van der Waals surface area contributed by atoms with Gasteiger partial charge in [0.2, 0.25) is 0 Å². The van der Waals surface area contributed by atoms with Crippen LogP contribution in [0.3, 0.4) is 0 Å². The normalized spacial score (nSPS) is 29.8. The Morgan fingerprint density at radius 1 is 1.13 bits per heavy atom. The summed E-state index contributed by atoms with van der Waals surface area (Å²) in [5, 5.41) is 0. The zero-order chi connectivity index (χ0) is 16.1. The van der Waals surface area contributed by atoms with Crippen molar-refractivity contribution < 1.29 is 14.4 Å². The first-order valence-corrected chi connectivity index (χ1v) is 9.28. The SMILES string of the molecule is CC(C)[C@@H]1C[C@](CC[NH+]2CCOCC2)(c2ccccc2)CCO1. The van der Waals surface area contributed by atoms with Gasteiger partial charge in [-0.3, -0.25) is 0 Å². The highest BCUT2D eigenvalue weighted by atomic mass is 16.5. The highest BCUT2D eigenvalue weighted by Gasteiger charge is 2.40. The Labute approximate surface area is 141 Å². The molecule has 1 N–H and O–H groups in total. The molecule has 1 aromatic carbocycles. The Morgan fingerprint density at radius 2 is 1.87 bits per heavy atom. The van der Waals surface area contributed by atoms with Crippen LogP contribution in [0.4, 0.5) is 0 Å². The van der Waals surface area contributed by atoms with E-state index in [1.807, 2.05) is 0 Å². The number of ether oxygens (including phenoxy) is 2. The Bertz CT molecular complexity index is 470. The quantitative estimate of drug-likeness (QED) is 0.898. The molecule has 2 aliphatic heterocycles. The molecule has 3 rings (SSSR count). The minimum atomic E-state index is 0.291. The van der Waals surface area contributed by atoms with Gasteiger partial charge in [-0.15, -0.1) is 0 Å². The molecular weight excluding hydrogens is 286 g/mol. The number of hydrogen-bond donors (Lipinski definition) is 1. The summed E-state index contributed by atoms with van der Waals surface area (Å²) in [6, 6.07) is 11.2. The molecule has 0 bridgehead atoms. The fourth-order valence-corrected chi connectivity index (χ4v) is 4.13. The third kappa shape index (κ3) is 4.14. The van der Waals surface area contributed by atoms with Gasteiger partial charge in [0.05, 0.1) is 25.9 Å². The molecule has 2 aliphatic rings. The molecule has 0 radical (unpaired) electrons. The molecule has 23 heavy (non-hydrogen) atoms. The smallest absolute Gasteiger partial charge is 0.101 e. The number of benzene rings is 1. The van der Waals surface area contributed by atoms with Gasteiger partial charge in [0.1, 0.15) is 13.1 Å². The summed E-state index contributed by atoms with van der Waals surface area (Å²) < 4.78 is 11.6. The van der Waals surface area contributed by atoms with Gasteiger partial charge in [-0.1, -0.05) is 44.2 Å². The van der Waals surface area contributed by atoms with E-state index in [1.165, 1.54) is 24.9 Å². The lowest BCUT2D eigenvalue weighted by Crippen LogP contribution is -3.14. The van der Waals surface area contributed by atoms with Crippen LogP contribution in [0.15, 0.2) is 30.3 Å². The van der Waals surface area contributed by atoms with Gasteiger partial charge in [-0.25, -0.2) is 0 Å². The fraction of sp³-hybridized carbons (Fsp3) is 0.700. The van der Waals surface area contributed by atoms with Gasteiger partial charge in [-0.2, -0.15) is 0 Å². The summed E-state index contributed by atoms with van der Waals surface area (Å²) in [5.41, 5.74) is 1.81. The van der Waals surface area contributed by atoms with Crippen LogP contribution in [0.1, 0.15) is 38.7 Å². The Kier molecular flexibility index (Phi) is 5.73. The molecule has 3 nitrogen and oxygen atoms in total. The summed E-state index contributed by atoms with van der Waals surface area (Å²) in [5.74, 6) is 0.592. The predicted octanol–water partition coefficient (Wildman–Crippen LogP) is 2.06. The minimum absolute atomic E-state index is 0.291. The van der Waals surface area contributed by atoms with Crippen LogP contribution in [0, 0.1) is 5.92 Å². The molecule has 2 atom stereocenters. The number of hydrogen-bond acceptors (Lipinski definition) is 2. The van der Waals surface area contributed by atoms with Crippen LogP contribution in [0.2, 0.25) is 0 Å². The van der Waals surface area contributed by atoms with E-state index in [1.54, 1.807) is 4.90 Å². The van der Waals surface area contributed by atoms with E-state index in [0.29, 0.717) is 17.4 Å². The second kappa shape index (κ2) is 7.78. The van der Waals surface area contributed by atoms with Crippen LogP contribution in [0.25, 0.3) is 0 Å². The zero-order valence-electron chi connectivity index (χ0n) is 14.7. The first-order valence-electron chi connectivity index (χ1n) is 9.28. The third-order valence-electron chi connectivity index (χ3n) is 5.79. The van der Waals surface area contributed by atoms with Gasteiger partial charge in [0.25, 0.3) is 0 Å². The molecule has 128 valence electrons. The minimum Gasteiger partial charge on any atom is -0.378 e. The molecule has 0 amide bonds. The van der Waals surface area contributed by atoms with Crippen molar-refractivity contribution in [2.75, 3.05) is 39.5 Å². The van der Waals surface area contributed by atoms with Crippen molar-refractivity contribution in [1.29, 1.82) is 0 Å². The highest BCUT2D eigenvalue weighted by Crippen LogP contribution is 2.41. The van der Waals surface area contributed by atoms with Crippen LogP contribution < -0.4 is 4.90 Å². The Morgan fingerprint density at radius 3 is 2.57 bits per heavy atom. The van der Waals surface area contributed by atoms with Crippen LogP contribution in [-0.2, 0) is 14.9 Å². The van der Waals surface area contributed by atoms with Crippen molar-refractivity contribution in [3.05, 3.63) is 35.9 Å². The summed E-state index contributed by atoms with van der Waals surface area (Å²) in [6.07, 6.45) is 3.98. The number of nitrogens with one attached hydrogen (secondary N) is 1. The molecule has 0 saturated carbocycles. The fourth-order valence-electron chi connectivity index (χ4n) is 4.13. The molecule has 0 aliphatic carbocycles. The maximum Gasteiger partial charge on any atom is 0.101 e. The second-order valence-corrected chi connectivity index (χ2v) is 7.62. The van der Waals surface area contributed by atoms with Crippen molar-refractivity contribution >= 4 is 0 Å². The molecule has 0 unspecified atom stereocenters. The van der Waals surface area contributed by atoms with Crippen molar-refractivity contribution in [3.8, 4) is 0 Å². The van der Waals surface area contributed by atoms with Crippen molar-refractivity contribution in [1.82, 2.24) is 0 Å². The van der Waals surface area contributed by atoms with Gasteiger partial charge in [0, 0.05) is 18.4 Å². The number of quaternary nitrogens is 1. The monoisotopic (exact) mass is 318 g/mol. The van der Waals surface area contributed by atoms with Gasteiger partial charge >= 0.3 is 0 Å². The molecule has 2 fully saturated rings. The first-order chi connectivity index (χ1) is 11.2. The zero-order valence-corrected chi connectivity index (χ0v) is 14.7. The van der Waals surface area contributed by atoms with E-state index in [0.717, 1.165) is 39.3 Å². The lowest BCUT2D eigenvalue weighted by atomic mass is 9.68. The summed E-state index contributed by atoms with van der Waals surface area (Å²) >= 11 is 0. The summed E-state index contributed by atoms with van der Waals surface area (Å²) in [4.78, 5) is 1.71. The van der Waals surface area contributed by atoms with Crippen molar-refractivity contribution in [3.63, 3.8) is 0 Å². The van der Waals surface area contributed by atoms with Gasteiger partial charge < -0.3 is 14.4 Å². The average Bonchev–Trinajstić information content (AvgIpc) is 2.62. The average molecular weight is 318 g/mol. The van der Waals surface area contributed by atoms with Crippen LogP contribution >= 0.6 is 0 Å². The van der Waals surface area contributed by atoms with E-state index in [2.05, 4.69) is 44.2 Å². The molecule has 3 heteroatoms. The highest BCUT2D eigenvalue weighted by molar-refractivity contribution is 5.26. The molecule has 0 spiro atoms. The predicted molar refractivity (Wildman–Crippen MR) is 92.9 cm³/mol. The maximum atomic E-state index is 6.08. The molecule has 2 saturated heterocycles. The number of rotatable bonds is 5. The lowest BCUT2D eigenvalue weighted by molar-refractivity contribution is -0.908. The summed E-state index contributed by atoms with van der Waals surface area (Å²) in [7, 11) is 0. The molecule has 1 aromatic rings. The van der Waals surface area contributed by atoms with E-state index in [-0.39, 0.29) is 0 Å². The second-order valence-electron chi connectivity index (χ2n) is 7.62. The largest absolute Gasteiger partial charge is 0.378 e. The van der Waals surface area contributed by atoms with E-state index in [4.69, 9.17) is 9.47 Å².